The minimum atomic E-state index is 0.0543. The lowest BCUT2D eigenvalue weighted by Gasteiger charge is -2.41. The maximum atomic E-state index is 2.57. The average Bonchev–Trinajstić information content (AvgIpc) is 3.83. The van der Waals surface area contributed by atoms with Gasteiger partial charge in [-0.2, -0.15) is 0 Å². The number of rotatable bonds is 4. The molecule has 0 radical (unpaired) electrons. The van der Waals surface area contributed by atoms with Crippen LogP contribution in [0.2, 0.25) is 0 Å². The second-order valence-electron chi connectivity index (χ2n) is 18.5. The smallest absolute Gasteiger partial charge is 0.248 e. The summed E-state index contributed by atoms with van der Waals surface area (Å²) in [6.45, 7) is 7.03. The maximum Gasteiger partial charge on any atom is 0.248 e. The van der Waals surface area contributed by atoms with Crippen molar-refractivity contribution in [2.45, 2.75) is 26.2 Å². The summed E-state index contributed by atoms with van der Waals surface area (Å²) in [5.41, 5.74) is 27.3. The van der Waals surface area contributed by atoms with Crippen molar-refractivity contribution in [1.29, 1.82) is 0 Å². The first-order valence-corrected chi connectivity index (χ1v) is 22.0. The van der Waals surface area contributed by atoms with Crippen molar-refractivity contribution in [3.05, 3.63) is 206 Å². The molecule has 0 amide bonds. The molecule has 0 fully saturated rings. The summed E-state index contributed by atoms with van der Waals surface area (Å²) in [5.74, 6) is 0. The molecule has 4 aliphatic rings. The van der Waals surface area contributed by atoms with Gasteiger partial charge in [0.15, 0.2) is 0 Å². The highest BCUT2D eigenvalue weighted by molar-refractivity contribution is 7.03. The summed E-state index contributed by atoms with van der Waals surface area (Å²) in [7, 11) is 0. The lowest BCUT2D eigenvalue weighted by Crippen LogP contribution is -2.58. The molecule has 4 heteroatoms. The summed E-state index contributed by atoms with van der Waals surface area (Å²) in [6, 6.07) is 75.5. The number of benzene rings is 9. The van der Waals surface area contributed by atoms with Crippen molar-refractivity contribution in [2.24, 2.45) is 0 Å². The van der Waals surface area contributed by atoms with Gasteiger partial charge < -0.3 is 9.80 Å². The van der Waals surface area contributed by atoms with Crippen molar-refractivity contribution in [2.75, 3.05) is 9.80 Å². The van der Waals surface area contributed by atoms with E-state index in [0.717, 1.165) is 0 Å². The van der Waals surface area contributed by atoms with Crippen molar-refractivity contribution >= 4 is 80.3 Å². The Labute approximate surface area is 364 Å². The third-order valence-electron chi connectivity index (χ3n) is 14.0. The first-order valence-electron chi connectivity index (χ1n) is 22.0. The monoisotopic (exact) mass is 788 g/mol. The molecule has 0 atom stereocenters. The van der Waals surface area contributed by atoms with Gasteiger partial charge in [0, 0.05) is 34.1 Å². The van der Waals surface area contributed by atoms with Crippen LogP contribution < -0.4 is 42.6 Å². The molecule has 9 aromatic rings. The van der Waals surface area contributed by atoms with E-state index in [-0.39, 0.29) is 18.8 Å². The highest BCUT2D eigenvalue weighted by Crippen LogP contribution is 2.46. The standard InChI is InChI=1S/C58H42B2N2/c1-58(2,3)41-29-26-38(27-30-41)39-28-31-49-46(32-39)47-33-40(37-16-7-4-8-17-37)34-55-57(47)60(49)51-35-53-50(36-54(51)62(55)43-20-11-6-12-21-43)59-48-24-14-13-22-44(48)45-23-15-25-52(56(45)59)61(53)42-18-9-5-10-19-42/h4-36H,1-3H3. The second kappa shape index (κ2) is 13.1. The van der Waals surface area contributed by atoms with E-state index < -0.39 is 0 Å². The van der Waals surface area contributed by atoms with E-state index in [2.05, 4.69) is 231 Å². The highest BCUT2D eigenvalue weighted by Gasteiger charge is 2.47. The summed E-state index contributed by atoms with van der Waals surface area (Å²) >= 11 is 0. The molecule has 0 spiro atoms. The molecule has 0 bridgehead atoms. The van der Waals surface area contributed by atoms with Crippen LogP contribution in [-0.4, -0.2) is 13.4 Å². The second-order valence-corrected chi connectivity index (χ2v) is 18.5. The Morgan fingerprint density at radius 2 is 0.839 bits per heavy atom. The van der Waals surface area contributed by atoms with Gasteiger partial charge in [-0.15, -0.1) is 0 Å². The molecule has 2 nitrogen and oxygen atoms in total. The molecule has 62 heavy (non-hydrogen) atoms. The Balaban J connectivity index is 1.11. The van der Waals surface area contributed by atoms with Gasteiger partial charge in [0.2, 0.25) is 13.4 Å². The number of para-hydroxylation sites is 2. The first kappa shape index (κ1) is 35.5. The van der Waals surface area contributed by atoms with Gasteiger partial charge in [-0.1, -0.05) is 171 Å². The number of hydrogen-bond donors (Lipinski definition) is 0. The summed E-state index contributed by atoms with van der Waals surface area (Å²) in [5, 5.41) is 0. The van der Waals surface area contributed by atoms with Crippen molar-refractivity contribution < 1.29 is 0 Å². The van der Waals surface area contributed by atoms with Crippen molar-refractivity contribution in [3.8, 4) is 44.5 Å². The molecular formula is C58H42B2N2. The largest absolute Gasteiger partial charge is 0.312 e. The fourth-order valence-electron chi connectivity index (χ4n) is 11.2. The van der Waals surface area contributed by atoms with Gasteiger partial charge in [0.25, 0.3) is 0 Å². The van der Waals surface area contributed by atoms with Crippen LogP contribution in [-0.2, 0) is 5.41 Å². The molecule has 0 saturated carbocycles. The molecule has 0 aliphatic carbocycles. The van der Waals surface area contributed by atoms with Gasteiger partial charge in [0.05, 0.1) is 0 Å². The Kier molecular flexibility index (Phi) is 7.50. The zero-order chi connectivity index (χ0) is 41.3. The van der Waals surface area contributed by atoms with E-state index in [1.54, 1.807) is 0 Å². The molecule has 4 heterocycles. The minimum Gasteiger partial charge on any atom is -0.312 e. The van der Waals surface area contributed by atoms with E-state index in [1.165, 1.54) is 117 Å². The Hall–Kier alpha value is -7.29. The molecule has 0 saturated heterocycles. The van der Waals surface area contributed by atoms with Crippen molar-refractivity contribution in [1.82, 2.24) is 0 Å². The SMILES string of the molecule is CC(C)(C)c1ccc(-c2ccc3c(c2)-c2cc(-c4ccccc4)cc4c2B3c2cc3c(cc2N4c2ccccc2)B2c4ccccc4-c4cccc(c42)N3c2ccccc2)cc1. The molecule has 13 rings (SSSR count). The maximum absolute atomic E-state index is 2.57. The molecular weight excluding hydrogens is 746 g/mol. The van der Waals surface area contributed by atoms with Crippen LogP contribution in [0.3, 0.4) is 0 Å². The quantitative estimate of drug-likeness (QED) is 0.164. The number of hydrogen-bond acceptors (Lipinski definition) is 2. The van der Waals surface area contributed by atoms with Crippen LogP contribution >= 0.6 is 0 Å². The van der Waals surface area contributed by atoms with E-state index in [1.807, 2.05) is 0 Å². The van der Waals surface area contributed by atoms with E-state index >= 15 is 0 Å². The van der Waals surface area contributed by atoms with E-state index in [0.29, 0.717) is 0 Å². The van der Waals surface area contributed by atoms with Crippen LogP contribution in [0.25, 0.3) is 44.5 Å². The first-order chi connectivity index (χ1) is 30.4. The van der Waals surface area contributed by atoms with Crippen LogP contribution in [0.5, 0.6) is 0 Å². The zero-order valence-corrected chi connectivity index (χ0v) is 35.1. The summed E-state index contributed by atoms with van der Waals surface area (Å²) in [6.07, 6.45) is 0. The minimum absolute atomic E-state index is 0.0543. The summed E-state index contributed by atoms with van der Waals surface area (Å²) in [4.78, 5) is 5.11. The Bertz CT molecular complexity index is 3280. The van der Waals surface area contributed by atoms with Gasteiger partial charge in [-0.3, -0.25) is 0 Å². The molecule has 0 unspecified atom stereocenters. The topological polar surface area (TPSA) is 6.48 Å². The van der Waals surface area contributed by atoms with Gasteiger partial charge in [0.1, 0.15) is 0 Å². The van der Waals surface area contributed by atoms with Crippen LogP contribution in [0.1, 0.15) is 26.3 Å². The molecule has 4 aliphatic heterocycles. The molecule has 9 aromatic carbocycles. The van der Waals surface area contributed by atoms with E-state index in [9.17, 15) is 0 Å². The average molecular weight is 789 g/mol. The fourth-order valence-corrected chi connectivity index (χ4v) is 11.2. The summed E-state index contributed by atoms with van der Waals surface area (Å²) < 4.78 is 0. The number of nitrogens with zero attached hydrogens (tertiary/aromatic N) is 2. The van der Waals surface area contributed by atoms with Crippen LogP contribution in [0, 0.1) is 0 Å². The molecule has 0 N–H and O–H groups in total. The van der Waals surface area contributed by atoms with Gasteiger partial charge in [-0.05, 0) is 138 Å². The Morgan fingerprint density at radius 1 is 0.323 bits per heavy atom. The normalized spacial score (nSPS) is 13.6. The fraction of sp³-hybridized carbons (Fsp3) is 0.0690. The molecule has 290 valence electrons. The van der Waals surface area contributed by atoms with Crippen LogP contribution in [0.15, 0.2) is 200 Å². The van der Waals surface area contributed by atoms with Crippen molar-refractivity contribution in [3.63, 3.8) is 0 Å². The number of fused-ring (bicyclic) bond motifs is 10. The van der Waals surface area contributed by atoms with E-state index in [4.69, 9.17) is 0 Å². The molecule has 0 aromatic heterocycles. The van der Waals surface area contributed by atoms with Gasteiger partial charge in [-0.25, -0.2) is 0 Å². The third-order valence-corrected chi connectivity index (χ3v) is 14.0. The Morgan fingerprint density at radius 3 is 1.50 bits per heavy atom. The predicted molar refractivity (Wildman–Crippen MR) is 266 cm³/mol. The van der Waals surface area contributed by atoms with Gasteiger partial charge >= 0.3 is 0 Å². The lowest BCUT2D eigenvalue weighted by molar-refractivity contribution is 0.590. The number of anilines is 6. The van der Waals surface area contributed by atoms with Crippen LogP contribution in [0.4, 0.5) is 34.1 Å². The highest BCUT2D eigenvalue weighted by atomic mass is 15.2. The predicted octanol–water partition coefficient (Wildman–Crippen LogP) is 10.9. The third kappa shape index (κ3) is 5.07. The zero-order valence-electron chi connectivity index (χ0n) is 35.1. The lowest BCUT2D eigenvalue weighted by atomic mass is 9.34.